The smallest absolute Gasteiger partial charge is 0.409 e. The Bertz CT molecular complexity index is 969. The third-order valence-corrected chi connectivity index (χ3v) is 5.85. The fraction of sp³-hybridized carbons (Fsp3) is 0.316. The van der Waals surface area contributed by atoms with Crippen molar-refractivity contribution in [1.29, 1.82) is 0 Å². The van der Waals surface area contributed by atoms with Crippen molar-refractivity contribution in [1.82, 2.24) is 14.9 Å². The van der Waals surface area contributed by atoms with Crippen LogP contribution in [0.1, 0.15) is 6.92 Å². The standard InChI is InChI=1S/C19H19ClN4O2S/c1-2-26-19(25)24-10-8-23(9-11-24)18-13-5-3-4-6-15(13)21-17(22-18)16-14(20)7-12-27-16/h3-7,12H,2,8-11H2,1H3. The van der Waals surface area contributed by atoms with Crippen molar-refractivity contribution in [3.8, 4) is 10.7 Å². The molecule has 0 atom stereocenters. The van der Waals surface area contributed by atoms with E-state index in [0.717, 1.165) is 21.6 Å². The average Bonchev–Trinajstić information content (AvgIpc) is 3.13. The van der Waals surface area contributed by atoms with Crippen LogP contribution in [0, 0.1) is 0 Å². The maximum atomic E-state index is 11.9. The van der Waals surface area contributed by atoms with Crippen molar-refractivity contribution in [2.75, 3.05) is 37.7 Å². The quantitative estimate of drug-likeness (QED) is 0.654. The molecule has 140 valence electrons. The Morgan fingerprint density at radius 2 is 1.96 bits per heavy atom. The van der Waals surface area contributed by atoms with Crippen molar-refractivity contribution in [3.05, 3.63) is 40.7 Å². The maximum Gasteiger partial charge on any atom is 0.409 e. The predicted octanol–water partition coefficient (Wildman–Crippen LogP) is 4.29. The third kappa shape index (κ3) is 3.57. The molecule has 4 rings (SSSR count). The van der Waals surface area contributed by atoms with Crippen LogP contribution in [0.3, 0.4) is 0 Å². The van der Waals surface area contributed by atoms with E-state index in [1.165, 1.54) is 11.3 Å². The number of aromatic nitrogens is 2. The average molecular weight is 403 g/mol. The number of para-hydroxylation sites is 1. The number of fused-ring (bicyclic) bond motifs is 1. The zero-order chi connectivity index (χ0) is 18.8. The summed E-state index contributed by atoms with van der Waals surface area (Å²) in [5.41, 5.74) is 0.884. The van der Waals surface area contributed by atoms with Gasteiger partial charge in [-0.1, -0.05) is 23.7 Å². The van der Waals surface area contributed by atoms with Crippen LogP contribution < -0.4 is 4.90 Å². The predicted molar refractivity (Wildman–Crippen MR) is 109 cm³/mol. The van der Waals surface area contributed by atoms with Crippen LogP contribution in [0.2, 0.25) is 5.02 Å². The molecule has 6 nitrogen and oxygen atoms in total. The second-order valence-electron chi connectivity index (χ2n) is 6.16. The SMILES string of the molecule is CCOC(=O)N1CCN(c2nc(-c3sccc3Cl)nc3ccccc23)CC1. The fourth-order valence-electron chi connectivity index (χ4n) is 3.17. The molecule has 1 saturated heterocycles. The van der Waals surface area contributed by atoms with Gasteiger partial charge in [-0.05, 0) is 30.5 Å². The minimum atomic E-state index is -0.254. The van der Waals surface area contributed by atoms with E-state index in [4.69, 9.17) is 26.3 Å². The number of benzene rings is 1. The van der Waals surface area contributed by atoms with Gasteiger partial charge in [0.15, 0.2) is 5.82 Å². The van der Waals surface area contributed by atoms with E-state index in [0.29, 0.717) is 43.6 Å². The summed E-state index contributed by atoms with van der Waals surface area (Å²) < 4.78 is 5.10. The molecule has 0 bridgehead atoms. The summed E-state index contributed by atoms with van der Waals surface area (Å²) in [4.78, 5) is 26.3. The number of ether oxygens (including phenoxy) is 1. The Kier molecular flexibility index (Phi) is 5.13. The molecule has 0 aliphatic carbocycles. The van der Waals surface area contributed by atoms with Crippen LogP contribution in [0.25, 0.3) is 21.6 Å². The van der Waals surface area contributed by atoms with Crippen LogP contribution in [-0.2, 0) is 4.74 Å². The molecule has 1 amide bonds. The molecular weight excluding hydrogens is 384 g/mol. The maximum absolute atomic E-state index is 11.9. The molecular formula is C19H19ClN4O2S. The number of rotatable bonds is 3. The highest BCUT2D eigenvalue weighted by molar-refractivity contribution is 7.14. The lowest BCUT2D eigenvalue weighted by molar-refractivity contribution is 0.105. The summed E-state index contributed by atoms with van der Waals surface area (Å²) in [6.07, 6.45) is -0.254. The van der Waals surface area contributed by atoms with E-state index < -0.39 is 0 Å². The number of halogens is 1. The van der Waals surface area contributed by atoms with Gasteiger partial charge >= 0.3 is 6.09 Å². The van der Waals surface area contributed by atoms with Gasteiger partial charge < -0.3 is 14.5 Å². The topological polar surface area (TPSA) is 58.6 Å². The van der Waals surface area contributed by atoms with Gasteiger partial charge in [-0.15, -0.1) is 11.3 Å². The lowest BCUT2D eigenvalue weighted by Gasteiger charge is -2.35. The van der Waals surface area contributed by atoms with Crippen LogP contribution >= 0.6 is 22.9 Å². The second kappa shape index (κ2) is 7.70. The molecule has 1 fully saturated rings. The van der Waals surface area contributed by atoms with Crippen molar-refractivity contribution in [3.63, 3.8) is 0 Å². The minimum absolute atomic E-state index is 0.254. The zero-order valence-corrected chi connectivity index (χ0v) is 16.5. The number of anilines is 1. The van der Waals surface area contributed by atoms with Gasteiger partial charge in [0.2, 0.25) is 0 Å². The lowest BCUT2D eigenvalue weighted by Crippen LogP contribution is -2.49. The van der Waals surface area contributed by atoms with E-state index >= 15 is 0 Å². The molecule has 0 spiro atoms. The minimum Gasteiger partial charge on any atom is -0.450 e. The van der Waals surface area contributed by atoms with Crippen LogP contribution in [0.15, 0.2) is 35.7 Å². The molecule has 1 aromatic carbocycles. The molecule has 3 aromatic rings. The normalized spacial score (nSPS) is 14.6. The van der Waals surface area contributed by atoms with E-state index in [1.807, 2.05) is 42.6 Å². The van der Waals surface area contributed by atoms with Gasteiger partial charge in [0.25, 0.3) is 0 Å². The van der Waals surface area contributed by atoms with Crippen LogP contribution in [0.4, 0.5) is 10.6 Å². The first-order valence-electron chi connectivity index (χ1n) is 8.84. The Hall–Kier alpha value is -2.38. The Morgan fingerprint density at radius 1 is 1.19 bits per heavy atom. The summed E-state index contributed by atoms with van der Waals surface area (Å²) in [6.45, 7) is 4.80. The summed E-state index contributed by atoms with van der Waals surface area (Å²) in [7, 11) is 0. The Balaban J connectivity index is 1.67. The number of piperazine rings is 1. The highest BCUT2D eigenvalue weighted by Gasteiger charge is 2.25. The largest absolute Gasteiger partial charge is 0.450 e. The number of nitrogens with zero attached hydrogens (tertiary/aromatic N) is 4. The first-order valence-corrected chi connectivity index (χ1v) is 10.1. The number of hydrogen-bond acceptors (Lipinski definition) is 6. The Morgan fingerprint density at radius 3 is 2.67 bits per heavy atom. The zero-order valence-electron chi connectivity index (χ0n) is 14.9. The third-order valence-electron chi connectivity index (χ3n) is 4.51. The second-order valence-corrected chi connectivity index (χ2v) is 7.48. The molecule has 0 radical (unpaired) electrons. The van der Waals surface area contributed by atoms with Crippen LogP contribution in [-0.4, -0.2) is 53.7 Å². The number of hydrogen-bond donors (Lipinski definition) is 0. The number of thiophene rings is 1. The van der Waals surface area contributed by atoms with E-state index in [2.05, 4.69) is 4.90 Å². The van der Waals surface area contributed by atoms with Gasteiger partial charge in [0.1, 0.15) is 5.82 Å². The number of carbonyl (C=O) groups excluding carboxylic acids is 1. The van der Waals surface area contributed by atoms with Gasteiger partial charge in [-0.2, -0.15) is 0 Å². The number of carbonyl (C=O) groups is 1. The molecule has 1 aliphatic heterocycles. The van der Waals surface area contributed by atoms with E-state index in [9.17, 15) is 4.79 Å². The molecule has 27 heavy (non-hydrogen) atoms. The molecule has 3 heterocycles. The highest BCUT2D eigenvalue weighted by Crippen LogP contribution is 2.34. The van der Waals surface area contributed by atoms with Crippen molar-refractivity contribution in [2.24, 2.45) is 0 Å². The highest BCUT2D eigenvalue weighted by atomic mass is 35.5. The number of amides is 1. The van der Waals surface area contributed by atoms with E-state index in [-0.39, 0.29) is 6.09 Å². The first-order chi connectivity index (χ1) is 13.2. The molecule has 0 N–H and O–H groups in total. The summed E-state index contributed by atoms with van der Waals surface area (Å²) in [6, 6.07) is 9.83. The van der Waals surface area contributed by atoms with Gasteiger partial charge in [0, 0.05) is 31.6 Å². The fourth-order valence-corrected chi connectivity index (χ4v) is 4.24. The monoisotopic (exact) mass is 402 g/mol. The summed E-state index contributed by atoms with van der Waals surface area (Å²) in [5.74, 6) is 1.51. The summed E-state index contributed by atoms with van der Waals surface area (Å²) >= 11 is 7.84. The van der Waals surface area contributed by atoms with E-state index in [1.54, 1.807) is 4.90 Å². The molecule has 8 heteroatoms. The Labute approximate surface area is 166 Å². The molecule has 2 aromatic heterocycles. The van der Waals surface area contributed by atoms with Crippen molar-refractivity contribution < 1.29 is 9.53 Å². The lowest BCUT2D eigenvalue weighted by atomic mass is 10.2. The van der Waals surface area contributed by atoms with Crippen molar-refractivity contribution in [2.45, 2.75) is 6.92 Å². The molecule has 0 saturated carbocycles. The molecule has 1 aliphatic rings. The summed E-state index contributed by atoms with van der Waals surface area (Å²) in [5, 5.41) is 3.60. The van der Waals surface area contributed by atoms with Gasteiger partial charge in [-0.25, -0.2) is 14.8 Å². The first kappa shape index (κ1) is 18.0. The molecule has 0 unspecified atom stereocenters. The van der Waals surface area contributed by atoms with Gasteiger partial charge in [0.05, 0.1) is 22.0 Å². The van der Waals surface area contributed by atoms with Crippen LogP contribution in [0.5, 0.6) is 0 Å². The van der Waals surface area contributed by atoms with Gasteiger partial charge in [-0.3, -0.25) is 0 Å². The van der Waals surface area contributed by atoms with Crippen molar-refractivity contribution >= 4 is 45.8 Å².